The third-order valence-corrected chi connectivity index (χ3v) is 13.8. The maximum Gasteiger partial charge on any atom is 0.250 e. The normalized spacial score (nSPS) is 36.7. The van der Waals surface area contributed by atoms with Crippen molar-refractivity contribution in [1.29, 1.82) is 0 Å². The largest absolute Gasteiger partial charge is 0.543 e. The van der Waals surface area contributed by atoms with E-state index in [1.165, 1.54) is 17.5 Å². The van der Waals surface area contributed by atoms with Gasteiger partial charge in [0.15, 0.2) is 0 Å². The first-order valence-electron chi connectivity index (χ1n) is 11.6. The highest BCUT2D eigenvalue weighted by Gasteiger charge is 2.60. The van der Waals surface area contributed by atoms with Gasteiger partial charge in [0, 0.05) is 5.41 Å². The summed E-state index contributed by atoms with van der Waals surface area (Å²) < 4.78 is 6.89. The van der Waals surface area contributed by atoms with E-state index < -0.39 is 13.9 Å². The van der Waals surface area contributed by atoms with Crippen molar-refractivity contribution < 1.29 is 9.53 Å². The quantitative estimate of drug-likeness (QED) is 0.435. The number of hydrogen-bond acceptors (Lipinski definition) is 2. The fourth-order valence-electron chi connectivity index (χ4n) is 6.50. The molecule has 0 radical (unpaired) electrons. The van der Waals surface area contributed by atoms with Gasteiger partial charge in [-0.25, -0.2) is 0 Å². The molecule has 0 spiro atoms. The van der Waals surface area contributed by atoms with Crippen LogP contribution in [0.4, 0.5) is 0 Å². The molecule has 0 aliphatic heterocycles. The highest BCUT2D eigenvalue weighted by Crippen LogP contribution is 2.65. The number of aliphatic hydroxyl groups is 1. The van der Waals surface area contributed by atoms with E-state index in [-0.39, 0.29) is 10.5 Å². The molecule has 1 N–H and O–H groups in total. The first-order valence-corrected chi connectivity index (χ1v) is 14.5. The van der Waals surface area contributed by atoms with E-state index in [0.717, 1.165) is 37.9 Å². The third kappa shape index (κ3) is 3.06. The Labute approximate surface area is 178 Å². The van der Waals surface area contributed by atoms with E-state index in [1.54, 1.807) is 0 Å². The lowest BCUT2D eigenvalue weighted by Gasteiger charge is -2.53. The van der Waals surface area contributed by atoms with E-state index in [9.17, 15) is 5.11 Å². The molecule has 2 nitrogen and oxygen atoms in total. The Morgan fingerprint density at radius 1 is 1.17 bits per heavy atom. The molecule has 3 aliphatic rings. The van der Waals surface area contributed by atoms with Gasteiger partial charge in [0.05, 0.1) is 5.60 Å². The molecule has 0 unspecified atom stereocenters. The summed E-state index contributed by atoms with van der Waals surface area (Å²) in [5, 5.41) is 11.5. The predicted molar refractivity (Wildman–Crippen MR) is 124 cm³/mol. The number of hydrogen-bond donors (Lipinski definition) is 1. The molecule has 0 amide bonds. The van der Waals surface area contributed by atoms with Crippen LogP contribution in [0.2, 0.25) is 18.1 Å². The third-order valence-electron chi connectivity index (χ3n) is 9.44. The molecule has 29 heavy (non-hydrogen) atoms. The molecule has 2 saturated carbocycles. The Balaban J connectivity index is 1.71. The van der Waals surface area contributed by atoms with Gasteiger partial charge in [0.2, 0.25) is 8.32 Å². The van der Waals surface area contributed by atoms with Gasteiger partial charge in [-0.15, -0.1) is 6.58 Å². The van der Waals surface area contributed by atoms with Crippen LogP contribution >= 0.6 is 0 Å². The molecule has 4 rings (SSSR count). The van der Waals surface area contributed by atoms with Crippen molar-refractivity contribution in [2.75, 3.05) is 0 Å². The van der Waals surface area contributed by atoms with Crippen molar-refractivity contribution in [1.82, 2.24) is 0 Å². The van der Waals surface area contributed by atoms with E-state index in [1.807, 2.05) is 6.08 Å². The van der Waals surface area contributed by atoms with Crippen molar-refractivity contribution in [3.8, 4) is 5.75 Å². The first-order chi connectivity index (χ1) is 13.4. The van der Waals surface area contributed by atoms with Crippen molar-refractivity contribution in [3.63, 3.8) is 0 Å². The average Bonchev–Trinajstić information content (AvgIpc) is 2.92. The van der Waals surface area contributed by atoms with Gasteiger partial charge in [-0.3, -0.25) is 0 Å². The van der Waals surface area contributed by atoms with Crippen molar-refractivity contribution in [2.45, 2.75) is 95.9 Å². The van der Waals surface area contributed by atoms with E-state index in [0.29, 0.717) is 17.8 Å². The summed E-state index contributed by atoms with van der Waals surface area (Å²) in [5.41, 5.74) is 2.29. The van der Waals surface area contributed by atoms with Gasteiger partial charge in [-0.05, 0) is 91.6 Å². The maximum atomic E-state index is 11.3. The maximum absolute atomic E-state index is 11.3. The summed E-state index contributed by atoms with van der Waals surface area (Å²) in [7, 11) is -1.88. The minimum Gasteiger partial charge on any atom is -0.543 e. The fourth-order valence-corrected chi connectivity index (χ4v) is 7.54. The monoisotopic (exact) mass is 412 g/mol. The van der Waals surface area contributed by atoms with Crippen LogP contribution in [0.1, 0.15) is 76.8 Å². The molecule has 0 aromatic heterocycles. The Morgan fingerprint density at radius 3 is 2.55 bits per heavy atom. The summed E-state index contributed by atoms with van der Waals surface area (Å²) in [6.07, 6.45) is 8.46. The van der Waals surface area contributed by atoms with Crippen LogP contribution in [0.15, 0.2) is 30.9 Å². The number of benzene rings is 1. The molecule has 0 heterocycles. The number of fused-ring (bicyclic) bond motifs is 5. The Morgan fingerprint density at radius 2 is 1.90 bits per heavy atom. The predicted octanol–water partition coefficient (Wildman–Crippen LogP) is 6.84. The fraction of sp³-hybridized carbons (Fsp3) is 0.692. The van der Waals surface area contributed by atoms with Crippen LogP contribution in [0.25, 0.3) is 0 Å². The molecule has 160 valence electrons. The Hall–Kier alpha value is -1.06. The first kappa shape index (κ1) is 21.2. The lowest BCUT2D eigenvalue weighted by molar-refractivity contribution is -0.0708. The van der Waals surface area contributed by atoms with Gasteiger partial charge in [-0.1, -0.05) is 45.9 Å². The van der Waals surface area contributed by atoms with Gasteiger partial charge < -0.3 is 9.53 Å². The molecule has 5 atom stereocenters. The van der Waals surface area contributed by atoms with Crippen molar-refractivity contribution in [3.05, 3.63) is 42.0 Å². The van der Waals surface area contributed by atoms with Crippen LogP contribution in [0, 0.1) is 17.3 Å². The zero-order chi connectivity index (χ0) is 21.2. The van der Waals surface area contributed by atoms with Gasteiger partial charge in [-0.2, -0.15) is 0 Å². The molecule has 3 aliphatic carbocycles. The molecule has 1 aromatic rings. The standard InChI is InChI=1S/C26H40O2Si/c1-8-26(27)17-15-21-19-13-12-18-10-9-11-22(28-29(6,7)24(2,3)4)23(18)20(19)14-16-25(21,26)5/h8-11,19-21,27H,1,12-17H2,2-7H3/t19-,20+,21+,25+,26+/m1/s1. The lowest BCUT2D eigenvalue weighted by atomic mass is 9.53. The van der Waals surface area contributed by atoms with E-state index >= 15 is 0 Å². The summed E-state index contributed by atoms with van der Waals surface area (Å²) in [4.78, 5) is 0. The molecule has 3 heteroatoms. The zero-order valence-corrected chi connectivity index (χ0v) is 20.3. The Bertz CT molecular complexity index is 807. The second-order valence-electron chi connectivity index (χ2n) is 11.7. The summed E-state index contributed by atoms with van der Waals surface area (Å²) in [6, 6.07) is 6.75. The van der Waals surface area contributed by atoms with Crippen LogP contribution in [-0.2, 0) is 6.42 Å². The topological polar surface area (TPSA) is 29.5 Å². The second-order valence-corrected chi connectivity index (χ2v) is 16.5. The van der Waals surface area contributed by atoms with Crippen LogP contribution in [0.3, 0.4) is 0 Å². The van der Waals surface area contributed by atoms with Gasteiger partial charge >= 0.3 is 0 Å². The summed E-state index contributed by atoms with van der Waals surface area (Å²) in [5.74, 6) is 2.96. The highest BCUT2D eigenvalue weighted by atomic mass is 28.4. The van der Waals surface area contributed by atoms with Crippen LogP contribution < -0.4 is 4.43 Å². The van der Waals surface area contributed by atoms with Crippen molar-refractivity contribution in [2.24, 2.45) is 17.3 Å². The zero-order valence-electron chi connectivity index (χ0n) is 19.3. The SMILES string of the molecule is C=C[C@]1(O)CC[C@H]2[C@@H]3CCc4cccc(O[Si](C)(C)C(C)(C)C)c4[C@H]3CC[C@@]21C. The average molecular weight is 413 g/mol. The molecule has 2 fully saturated rings. The molecular weight excluding hydrogens is 372 g/mol. The molecule has 0 bridgehead atoms. The van der Waals surface area contributed by atoms with E-state index in [2.05, 4.69) is 65.6 Å². The minimum atomic E-state index is -1.88. The van der Waals surface area contributed by atoms with Crippen LogP contribution in [0.5, 0.6) is 5.75 Å². The second kappa shape index (κ2) is 6.72. The smallest absolute Gasteiger partial charge is 0.250 e. The Kier molecular flexibility index (Phi) is 4.91. The van der Waals surface area contributed by atoms with Gasteiger partial charge in [0.1, 0.15) is 5.75 Å². The number of rotatable bonds is 3. The lowest BCUT2D eigenvalue weighted by Crippen LogP contribution is -2.50. The minimum absolute atomic E-state index is 0.0251. The molecule has 0 saturated heterocycles. The van der Waals surface area contributed by atoms with Crippen LogP contribution in [-0.4, -0.2) is 19.0 Å². The summed E-state index contributed by atoms with van der Waals surface area (Å²) in [6.45, 7) is 18.0. The van der Waals surface area contributed by atoms with E-state index in [4.69, 9.17) is 4.43 Å². The molecular formula is C26H40O2Si. The van der Waals surface area contributed by atoms with Crippen molar-refractivity contribution >= 4 is 8.32 Å². The number of aryl methyl sites for hydroxylation is 1. The highest BCUT2D eigenvalue weighted by molar-refractivity contribution is 6.74. The summed E-state index contributed by atoms with van der Waals surface area (Å²) >= 11 is 0. The van der Waals surface area contributed by atoms with Gasteiger partial charge in [0.25, 0.3) is 0 Å². The molecule has 1 aromatic carbocycles.